The zero-order chi connectivity index (χ0) is 9.84. The van der Waals surface area contributed by atoms with E-state index in [-0.39, 0.29) is 0 Å². The van der Waals surface area contributed by atoms with Crippen LogP contribution in [0.15, 0.2) is 18.2 Å². The van der Waals surface area contributed by atoms with Crippen molar-refractivity contribution in [2.24, 2.45) is 0 Å². The van der Waals surface area contributed by atoms with E-state index in [0.29, 0.717) is 5.02 Å². The van der Waals surface area contributed by atoms with Crippen LogP contribution in [0.1, 0.15) is 25.0 Å². The average molecular weight is 200 g/mol. The Kier molecular flexibility index (Phi) is 3.73. The Morgan fingerprint density at radius 2 is 2.08 bits per heavy atom. The number of aryl methyl sites for hydroxylation is 1. The Labute approximate surface area is 83.7 Å². The van der Waals surface area contributed by atoms with Crippen LogP contribution in [0.3, 0.4) is 0 Å². The number of benzene rings is 1. The third-order valence-electron chi connectivity index (χ3n) is 2.06. The molecule has 0 saturated carbocycles. The molecule has 1 aromatic carbocycles. The SMILES string of the molecule is CCc1cc(Cl)cc([C](C)CF)c1. The highest BCUT2D eigenvalue weighted by Crippen LogP contribution is 2.21. The van der Waals surface area contributed by atoms with E-state index in [1.54, 1.807) is 13.0 Å². The minimum absolute atomic E-state index is 0.413. The minimum atomic E-state index is -0.413. The van der Waals surface area contributed by atoms with Gasteiger partial charge in [-0.25, -0.2) is 0 Å². The number of hydrogen-bond donors (Lipinski definition) is 0. The van der Waals surface area contributed by atoms with Crippen LogP contribution in [-0.4, -0.2) is 6.67 Å². The molecule has 13 heavy (non-hydrogen) atoms. The molecule has 0 aliphatic heterocycles. The topological polar surface area (TPSA) is 0 Å². The molecule has 0 fully saturated rings. The normalized spacial score (nSPS) is 10.8. The third kappa shape index (κ3) is 2.70. The van der Waals surface area contributed by atoms with Gasteiger partial charge in [-0.3, -0.25) is 4.39 Å². The molecule has 0 saturated heterocycles. The fraction of sp³-hybridized carbons (Fsp3) is 0.364. The number of hydrogen-bond acceptors (Lipinski definition) is 0. The number of rotatable bonds is 3. The van der Waals surface area contributed by atoms with Crippen molar-refractivity contribution < 1.29 is 4.39 Å². The summed E-state index contributed by atoms with van der Waals surface area (Å²) in [6, 6.07) is 5.70. The molecular formula is C11H13ClF. The molecular weight excluding hydrogens is 187 g/mol. The third-order valence-corrected chi connectivity index (χ3v) is 2.28. The van der Waals surface area contributed by atoms with E-state index in [0.717, 1.165) is 23.5 Å². The van der Waals surface area contributed by atoms with E-state index in [9.17, 15) is 4.39 Å². The molecule has 0 unspecified atom stereocenters. The van der Waals surface area contributed by atoms with Crippen LogP contribution in [0.5, 0.6) is 0 Å². The van der Waals surface area contributed by atoms with Crippen molar-refractivity contribution in [2.45, 2.75) is 20.3 Å². The molecule has 0 N–H and O–H groups in total. The largest absolute Gasteiger partial charge is 0.250 e. The molecule has 0 heterocycles. The summed E-state index contributed by atoms with van der Waals surface area (Å²) in [5.74, 6) is 0.734. The zero-order valence-corrected chi connectivity index (χ0v) is 8.66. The van der Waals surface area contributed by atoms with E-state index < -0.39 is 6.67 Å². The minimum Gasteiger partial charge on any atom is -0.250 e. The second-order valence-corrected chi connectivity index (χ2v) is 3.55. The van der Waals surface area contributed by atoms with Gasteiger partial charge in [0, 0.05) is 10.9 Å². The van der Waals surface area contributed by atoms with Gasteiger partial charge in [-0.15, -0.1) is 0 Å². The first-order valence-corrected chi connectivity index (χ1v) is 4.73. The van der Waals surface area contributed by atoms with Gasteiger partial charge in [-0.1, -0.05) is 31.5 Å². The lowest BCUT2D eigenvalue weighted by molar-refractivity contribution is 0.516. The lowest BCUT2D eigenvalue weighted by Gasteiger charge is -2.08. The second-order valence-electron chi connectivity index (χ2n) is 3.12. The predicted octanol–water partition coefficient (Wildman–Crippen LogP) is 3.81. The Bertz CT molecular complexity index is 283. The van der Waals surface area contributed by atoms with Crippen molar-refractivity contribution in [1.82, 2.24) is 0 Å². The smallest absolute Gasteiger partial charge is 0.0997 e. The maximum atomic E-state index is 12.4. The maximum Gasteiger partial charge on any atom is 0.0997 e. The van der Waals surface area contributed by atoms with E-state index in [2.05, 4.69) is 6.92 Å². The summed E-state index contributed by atoms with van der Waals surface area (Å²) >= 11 is 5.89. The Hall–Kier alpha value is -0.560. The van der Waals surface area contributed by atoms with Gasteiger partial charge in [0.05, 0.1) is 6.67 Å². The zero-order valence-electron chi connectivity index (χ0n) is 7.90. The van der Waals surface area contributed by atoms with E-state index in [1.165, 1.54) is 0 Å². The highest BCUT2D eigenvalue weighted by molar-refractivity contribution is 6.30. The van der Waals surface area contributed by atoms with Gasteiger partial charge >= 0.3 is 0 Å². The first kappa shape index (κ1) is 10.5. The van der Waals surface area contributed by atoms with Crippen LogP contribution < -0.4 is 0 Å². The molecule has 0 bridgehead atoms. The fourth-order valence-corrected chi connectivity index (χ4v) is 1.44. The summed E-state index contributed by atoms with van der Waals surface area (Å²) in [6.07, 6.45) is 0.924. The molecule has 0 aliphatic carbocycles. The quantitative estimate of drug-likeness (QED) is 0.695. The molecule has 71 valence electrons. The lowest BCUT2D eigenvalue weighted by atomic mass is 9.99. The van der Waals surface area contributed by atoms with Crippen molar-refractivity contribution in [2.75, 3.05) is 6.67 Å². The molecule has 0 atom stereocenters. The summed E-state index contributed by atoms with van der Waals surface area (Å²) < 4.78 is 12.4. The monoisotopic (exact) mass is 199 g/mol. The molecule has 1 rings (SSSR count). The van der Waals surface area contributed by atoms with E-state index in [4.69, 9.17) is 11.6 Å². The van der Waals surface area contributed by atoms with Gasteiger partial charge in [0.2, 0.25) is 0 Å². The number of alkyl halides is 1. The maximum absolute atomic E-state index is 12.4. The molecule has 0 aliphatic rings. The summed E-state index contributed by atoms with van der Waals surface area (Å²) in [7, 11) is 0. The summed E-state index contributed by atoms with van der Waals surface area (Å²) in [6.45, 7) is 3.43. The fourth-order valence-electron chi connectivity index (χ4n) is 1.18. The molecule has 0 nitrogen and oxygen atoms in total. The summed E-state index contributed by atoms with van der Waals surface area (Å²) in [4.78, 5) is 0. The number of halogens is 2. The molecule has 0 amide bonds. The van der Waals surface area contributed by atoms with Gasteiger partial charge in [0.1, 0.15) is 0 Å². The van der Waals surface area contributed by atoms with Crippen LogP contribution >= 0.6 is 11.6 Å². The molecule has 0 aromatic heterocycles. The van der Waals surface area contributed by atoms with Gasteiger partial charge in [0.25, 0.3) is 0 Å². The first-order chi connectivity index (χ1) is 6.17. The van der Waals surface area contributed by atoms with E-state index in [1.807, 2.05) is 12.1 Å². The van der Waals surface area contributed by atoms with Crippen LogP contribution in [0.2, 0.25) is 5.02 Å². The summed E-state index contributed by atoms with van der Waals surface area (Å²) in [5.41, 5.74) is 2.06. The van der Waals surface area contributed by atoms with Crippen LogP contribution in [0, 0.1) is 5.92 Å². The van der Waals surface area contributed by atoms with Crippen molar-refractivity contribution in [3.63, 3.8) is 0 Å². The average Bonchev–Trinajstić information content (AvgIpc) is 2.15. The van der Waals surface area contributed by atoms with Crippen molar-refractivity contribution in [3.8, 4) is 0 Å². The molecule has 2 heteroatoms. The highest BCUT2D eigenvalue weighted by atomic mass is 35.5. The van der Waals surface area contributed by atoms with Gasteiger partial charge in [0.15, 0.2) is 0 Å². The van der Waals surface area contributed by atoms with Gasteiger partial charge in [-0.2, -0.15) is 0 Å². The summed E-state index contributed by atoms with van der Waals surface area (Å²) in [5, 5.41) is 0.683. The lowest BCUT2D eigenvalue weighted by Crippen LogP contribution is -1.97. The Morgan fingerprint density at radius 3 is 2.62 bits per heavy atom. The molecule has 1 radical (unpaired) electrons. The molecule has 0 spiro atoms. The Morgan fingerprint density at radius 1 is 1.38 bits per heavy atom. The standard InChI is InChI=1S/C11H13ClF/c1-3-9-4-10(8(2)7-13)6-11(12)5-9/h4-6H,3,7H2,1-2H3. The first-order valence-electron chi connectivity index (χ1n) is 4.35. The van der Waals surface area contributed by atoms with Crippen molar-refractivity contribution >= 4 is 11.6 Å². The van der Waals surface area contributed by atoms with Crippen LogP contribution in [-0.2, 0) is 6.42 Å². The Balaban J connectivity index is 3.01. The second kappa shape index (κ2) is 4.61. The molecule has 1 aromatic rings. The van der Waals surface area contributed by atoms with E-state index >= 15 is 0 Å². The highest BCUT2D eigenvalue weighted by Gasteiger charge is 2.07. The van der Waals surface area contributed by atoms with Gasteiger partial charge in [-0.05, 0) is 29.7 Å². The van der Waals surface area contributed by atoms with Crippen molar-refractivity contribution in [3.05, 3.63) is 40.3 Å². The predicted molar refractivity (Wildman–Crippen MR) is 54.8 cm³/mol. The van der Waals surface area contributed by atoms with Crippen LogP contribution in [0.25, 0.3) is 0 Å². The van der Waals surface area contributed by atoms with Gasteiger partial charge < -0.3 is 0 Å². The van der Waals surface area contributed by atoms with Crippen molar-refractivity contribution in [1.29, 1.82) is 0 Å². The van der Waals surface area contributed by atoms with Crippen LogP contribution in [0.4, 0.5) is 4.39 Å².